The van der Waals surface area contributed by atoms with Gasteiger partial charge in [0.25, 0.3) is 0 Å². The predicted molar refractivity (Wildman–Crippen MR) is 124 cm³/mol. The van der Waals surface area contributed by atoms with E-state index in [1.165, 1.54) is 12.3 Å². The van der Waals surface area contributed by atoms with E-state index in [2.05, 4.69) is 6.92 Å². The molecule has 3 aromatic carbocycles. The molecule has 0 amide bonds. The second-order valence-electron chi connectivity index (χ2n) is 7.92. The minimum Gasteiger partial charge on any atom is -0.488 e. The van der Waals surface area contributed by atoms with Crippen LogP contribution in [0.15, 0.2) is 70.1 Å². The van der Waals surface area contributed by atoms with Crippen LogP contribution in [-0.2, 0) is 13.0 Å². The molecule has 0 atom stereocenters. The van der Waals surface area contributed by atoms with Gasteiger partial charge in [-0.1, -0.05) is 37.6 Å². The molecule has 1 aliphatic rings. The van der Waals surface area contributed by atoms with E-state index >= 15 is 0 Å². The molecule has 1 aromatic heterocycles. The lowest BCUT2D eigenvalue weighted by atomic mass is 10.0. The Labute approximate surface area is 190 Å². The van der Waals surface area contributed by atoms with Crippen LogP contribution in [0, 0.1) is 5.82 Å². The number of aryl methyl sites for hydroxylation is 1. The molecule has 168 valence electrons. The van der Waals surface area contributed by atoms with Gasteiger partial charge in [-0.3, -0.25) is 4.79 Å². The van der Waals surface area contributed by atoms with Gasteiger partial charge in [0.05, 0.1) is 10.9 Å². The quantitative estimate of drug-likeness (QED) is 0.369. The molecule has 0 fully saturated rings. The minimum atomic E-state index is -0.314. The van der Waals surface area contributed by atoms with Crippen molar-refractivity contribution in [3.05, 3.63) is 88.0 Å². The molecule has 0 bridgehead atoms. The van der Waals surface area contributed by atoms with Gasteiger partial charge >= 0.3 is 0 Å². The maximum absolute atomic E-state index is 14.0. The molecule has 0 radical (unpaired) electrons. The number of hydrogen-bond acceptors (Lipinski definition) is 5. The van der Waals surface area contributed by atoms with Crippen molar-refractivity contribution in [3.63, 3.8) is 0 Å². The zero-order valence-electron chi connectivity index (χ0n) is 18.2. The summed E-state index contributed by atoms with van der Waals surface area (Å²) in [7, 11) is 0. The molecule has 33 heavy (non-hydrogen) atoms. The standard InChI is InChI=1S/C27H23FO5/c1-2-5-18-12-20-25(14-24(18)32-15-19-6-3-4-7-22(19)28)33-16-21(27(20)29)17-8-9-23-26(13-17)31-11-10-30-23/h3-4,6-9,12-14,16H,2,5,10-11,15H2,1H3. The lowest BCUT2D eigenvalue weighted by molar-refractivity contribution is 0.171. The lowest BCUT2D eigenvalue weighted by Gasteiger charge is -2.18. The second kappa shape index (κ2) is 8.98. The molecule has 0 saturated carbocycles. The third kappa shape index (κ3) is 4.16. The highest BCUT2D eigenvalue weighted by Crippen LogP contribution is 2.35. The monoisotopic (exact) mass is 446 g/mol. The van der Waals surface area contributed by atoms with Crippen LogP contribution >= 0.6 is 0 Å². The van der Waals surface area contributed by atoms with E-state index in [1.807, 2.05) is 12.1 Å². The van der Waals surface area contributed by atoms with E-state index < -0.39 is 0 Å². The maximum Gasteiger partial charge on any atom is 0.200 e. The minimum absolute atomic E-state index is 0.0917. The highest BCUT2D eigenvalue weighted by Gasteiger charge is 2.17. The van der Waals surface area contributed by atoms with E-state index in [-0.39, 0.29) is 17.9 Å². The van der Waals surface area contributed by atoms with Crippen molar-refractivity contribution < 1.29 is 23.0 Å². The lowest BCUT2D eigenvalue weighted by Crippen LogP contribution is -2.15. The van der Waals surface area contributed by atoms with Gasteiger partial charge in [0, 0.05) is 11.6 Å². The number of fused-ring (bicyclic) bond motifs is 2. The number of halogens is 1. The van der Waals surface area contributed by atoms with E-state index in [1.54, 1.807) is 36.4 Å². The fraction of sp³-hybridized carbons (Fsp3) is 0.222. The average Bonchev–Trinajstić information content (AvgIpc) is 2.84. The van der Waals surface area contributed by atoms with Gasteiger partial charge in [-0.25, -0.2) is 4.39 Å². The van der Waals surface area contributed by atoms with Crippen molar-refractivity contribution >= 4 is 11.0 Å². The Balaban J connectivity index is 1.53. The summed E-state index contributed by atoms with van der Waals surface area (Å²) in [6.07, 6.45) is 3.04. The molecule has 0 N–H and O–H groups in total. The summed E-state index contributed by atoms with van der Waals surface area (Å²) >= 11 is 0. The molecular weight excluding hydrogens is 423 g/mol. The van der Waals surface area contributed by atoms with Crippen molar-refractivity contribution in [2.24, 2.45) is 0 Å². The third-order valence-corrected chi connectivity index (χ3v) is 5.67. The van der Waals surface area contributed by atoms with E-state index in [4.69, 9.17) is 18.6 Å². The molecule has 0 unspecified atom stereocenters. The van der Waals surface area contributed by atoms with Crippen molar-refractivity contribution in [2.45, 2.75) is 26.4 Å². The SMILES string of the molecule is CCCc1cc2c(=O)c(-c3ccc4c(c3)OCCO4)coc2cc1OCc1ccccc1F. The first kappa shape index (κ1) is 21.1. The first-order valence-electron chi connectivity index (χ1n) is 11.0. The fourth-order valence-electron chi connectivity index (χ4n) is 3.98. The smallest absolute Gasteiger partial charge is 0.200 e. The van der Waals surface area contributed by atoms with Crippen LogP contribution in [0.2, 0.25) is 0 Å². The van der Waals surface area contributed by atoms with E-state index in [9.17, 15) is 9.18 Å². The highest BCUT2D eigenvalue weighted by molar-refractivity contribution is 5.84. The van der Waals surface area contributed by atoms with Crippen molar-refractivity contribution in [3.8, 4) is 28.4 Å². The summed E-state index contributed by atoms with van der Waals surface area (Å²) in [6.45, 7) is 3.12. The van der Waals surface area contributed by atoms with Crippen molar-refractivity contribution in [2.75, 3.05) is 13.2 Å². The van der Waals surface area contributed by atoms with Gasteiger partial charge in [-0.2, -0.15) is 0 Å². The topological polar surface area (TPSA) is 57.9 Å². The zero-order chi connectivity index (χ0) is 22.8. The first-order valence-corrected chi connectivity index (χ1v) is 11.0. The average molecular weight is 446 g/mol. The van der Waals surface area contributed by atoms with Crippen molar-refractivity contribution in [1.82, 2.24) is 0 Å². The van der Waals surface area contributed by atoms with Crippen molar-refractivity contribution in [1.29, 1.82) is 0 Å². The second-order valence-corrected chi connectivity index (χ2v) is 7.92. The van der Waals surface area contributed by atoms with Crippen LogP contribution in [-0.4, -0.2) is 13.2 Å². The molecule has 5 rings (SSSR count). The zero-order valence-corrected chi connectivity index (χ0v) is 18.2. The van der Waals surface area contributed by atoms with Crippen LogP contribution in [0.5, 0.6) is 17.2 Å². The summed E-state index contributed by atoms with van der Waals surface area (Å²) in [4.78, 5) is 13.4. The van der Waals surface area contributed by atoms with Crippen LogP contribution in [0.4, 0.5) is 4.39 Å². The molecule has 0 aliphatic carbocycles. The predicted octanol–water partition coefficient (Wildman–Crippen LogP) is 5.90. The Bertz CT molecular complexity index is 1380. The molecule has 0 spiro atoms. The summed E-state index contributed by atoms with van der Waals surface area (Å²) in [6, 6.07) is 15.5. The van der Waals surface area contributed by atoms with Crippen LogP contribution in [0.25, 0.3) is 22.1 Å². The normalized spacial score (nSPS) is 12.7. The molecule has 5 nitrogen and oxygen atoms in total. The van der Waals surface area contributed by atoms with Gasteiger partial charge in [0.2, 0.25) is 5.43 Å². The number of rotatable bonds is 6. The van der Waals surface area contributed by atoms with Gasteiger partial charge in [-0.15, -0.1) is 0 Å². The van der Waals surface area contributed by atoms with Crippen LogP contribution in [0.1, 0.15) is 24.5 Å². The Hall–Kier alpha value is -3.80. The molecule has 0 saturated heterocycles. The molecule has 2 heterocycles. The molecule has 1 aliphatic heterocycles. The van der Waals surface area contributed by atoms with Gasteiger partial charge in [0.15, 0.2) is 11.5 Å². The largest absolute Gasteiger partial charge is 0.488 e. The van der Waals surface area contributed by atoms with Crippen LogP contribution in [0.3, 0.4) is 0 Å². The van der Waals surface area contributed by atoms with Gasteiger partial charge < -0.3 is 18.6 Å². The Kier molecular flexibility index (Phi) is 5.73. The van der Waals surface area contributed by atoms with E-state index in [0.29, 0.717) is 58.1 Å². The van der Waals surface area contributed by atoms with Gasteiger partial charge in [-0.05, 0) is 41.8 Å². The summed E-state index contributed by atoms with van der Waals surface area (Å²) in [5, 5.41) is 0.476. The van der Waals surface area contributed by atoms with Gasteiger partial charge in [0.1, 0.15) is 43.2 Å². The Morgan fingerprint density at radius 1 is 0.970 bits per heavy atom. The molecular formula is C27H23FO5. The molecule has 4 aromatic rings. The Morgan fingerprint density at radius 3 is 2.61 bits per heavy atom. The van der Waals surface area contributed by atoms with Crippen LogP contribution < -0.4 is 19.6 Å². The highest BCUT2D eigenvalue weighted by atomic mass is 19.1. The number of ether oxygens (including phenoxy) is 3. The van der Waals surface area contributed by atoms with E-state index in [0.717, 1.165) is 18.4 Å². The Morgan fingerprint density at radius 2 is 1.79 bits per heavy atom. The maximum atomic E-state index is 14.0. The summed E-state index contributed by atoms with van der Waals surface area (Å²) < 4.78 is 37.0. The summed E-state index contributed by atoms with van der Waals surface area (Å²) in [5.41, 5.74) is 2.79. The number of benzene rings is 3. The number of hydrogen-bond donors (Lipinski definition) is 0. The fourth-order valence-corrected chi connectivity index (χ4v) is 3.98. The molecule has 6 heteroatoms. The summed E-state index contributed by atoms with van der Waals surface area (Å²) in [5.74, 6) is 1.55. The first-order chi connectivity index (χ1) is 16.1. The third-order valence-electron chi connectivity index (χ3n) is 5.67.